The van der Waals surface area contributed by atoms with Gasteiger partial charge in [-0.2, -0.15) is 13.2 Å². The molecular formula is C15H18F3N3O3. The SMILES string of the molecule is Cn1cc(NC(=O)OC(C)(C)C)c2c(=O)n(CC(F)(F)F)ccc21. The van der Waals surface area contributed by atoms with Gasteiger partial charge in [0.15, 0.2) is 0 Å². The molecule has 24 heavy (non-hydrogen) atoms. The van der Waals surface area contributed by atoms with Crippen molar-refractivity contribution in [2.24, 2.45) is 7.05 Å². The van der Waals surface area contributed by atoms with E-state index in [1.807, 2.05) is 0 Å². The molecule has 0 unspecified atom stereocenters. The van der Waals surface area contributed by atoms with Crippen molar-refractivity contribution in [1.29, 1.82) is 0 Å². The zero-order chi connectivity index (χ0) is 18.3. The van der Waals surface area contributed by atoms with Crippen molar-refractivity contribution in [2.45, 2.75) is 39.1 Å². The Hall–Kier alpha value is -2.45. The number of hydrogen-bond donors (Lipinski definition) is 1. The maximum Gasteiger partial charge on any atom is 0.412 e. The van der Waals surface area contributed by atoms with Gasteiger partial charge < -0.3 is 13.9 Å². The summed E-state index contributed by atoms with van der Waals surface area (Å²) in [4.78, 5) is 24.2. The molecule has 0 atom stereocenters. The summed E-state index contributed by atoms with van der Waals surface area (Å²) in [6.45, 7) is 3.62. The molecule has 1 amide bonds. The van der Waals surface area contributed by atoms with E-state index in [0.29, 0.717) is 10.1 Å². The molecule has 0 fully saturated rings. The molecule has 132 valence electrons. The lowest BCUT2D eigenvalue weighted by Gasteiger charge is -2.19. The highest BCUT2D eigenvalue weighted by atomic mass is 19.4. The van der Waals surface area contributed by atoms with Crippen LogP contribution < -0.4 is 10.9 Å². The van der Waals surface area contributed by atoms with E-state index in [4.69, 9.17) is 4.74 Å². The number of carbonyl (C=O) groups is 1. The Kier molecular flexibility index (Phi) is 4.38. The Bertz CT molecular complexity index is 829. The van der Waals surface area contributed by atoms with Crippen molar-refractivity contribution in [1.82, 2.24) is 9.13 Å². The van der Waals surface area contributed by atoms with E-state index >= 15 is 0 Å². The number of hydrogen-bond acceptors (Lipinski definition) is 3. The monoisotopic (exact) mass is 345 g/mol. The second-order valence-electron chi connectivity index (χ2n) is 6.40. The number of halogens is 3. The average Bonchev–Trinajstić information content (AvgIpc) is 2.66. The molecule has 0 aliphatic heterocycles. The zero-order valence-corrected chi connectivity index (χ0v) is 13.7. The lowest BCUT2D eigenvalue weighted by atomic mass is 10.2. The summed E-state index contributed by atoms with van der Waals surface area (Å²) < 4.78 is 44.9. The molecule has 2 aromatic rings. The lowest BCUT2D eigenvalue weighted by Crippen LogP contribution is -2.29. The largest absolute Gasteiger partial charge is 0.444 e. The van der Waals surface area contributed by atoms with E-state index in [0.717, 1.165) is 6.20 Å². The smallest absolute Gasteiger partial charge is 0.412 e. The molecule has 0 radical (unpaired) electrons. The number of aryl methyl sites for hydroxylation is 1. The van der Waals surface area contributed by atoms with Crippen molar-refractivity contribution in [3.8, 4) is 0 Å². The topological polar surface area (TPSA) is 65.3 Å². The predicted octanol–water partition coefficient (Wildman–Crippen LogP) is 3.25. The van der Waals surface area contributed by atoms with E-state index in [1.165, 1.54) is 12.3 Å². The number of rotatable bonds is 2. The number of pyridine rings is 1. The van der Waals surface area contributed by atoms with Gasteiger partial charge in [-0.25, -0.2) is 4.79 Å². The van der Waals surface area contributed by atoms with Crippen LogP contribution in [-0.4, -0.2) is 27.0 Å². The molecular weight excluding hydrogens is 327 g/mol. The van der Waals surface area contributed by atoms with Gasteiger partial charge in [0.2, 0.25) is 0 Å². The van der Waals surface area contributed by atoms with Crippen molar-refractivity contribution in [2.75, 3.05) is 5.32 Å². The molecule has 6 nitrogen and oxygen atoms in total. The molecule has 0 saturated heterocycles. The highest BCUT2D eigenvalue weighted by molar-refractivity contribution is 5.99. The van der Waals surface area contributed by atoms with E-state index in [-0.39, 0.29) is 11.1 Å². The zero-order valence-electron chi connectivity index (χ0n) is 13.7. The quantitative estimate of drug-likeness (QED) is 0.909. The van der Waals surface area contributed by atoms with Crippen LogP contribution in [0.15, 0.2) is 23.3 Å². The standard InChI is InChI=1S/C15H18F3N3O3/c1-14(2,3)24-13(23)19-9-7-20(4)10-5-6-21(8-15(16,17)18)12(22)11(9)10/h5-7H,8H2,1-4H3,(H,19,23). The van der Waals surface area contributed by atoms with Gasteiger partial charge in [0.25, 0.3) is 5.56 Å². The number of nitrogens with zero attached hydrogens (tertiary/aromatic N) is 2. The van der Waals surface area contributed by atoms with Gasteiger partial charge in [0.05, 0.1) is 16.6 Å². The van der Waals surface area contributed by atoms with Crippen LogP contribution in [0.4, 0.5) is 23.7 Å². The molecule has 0 spiro atoms. The Morgan fingerprint density at radius 2 is 1.92 bits per heavy atom. The van der Waals surface area contributed by atoms with Crippen molar-refractivity contribution in [3.05, 3.63) is 28.8 Å². The first-order valence-electron chi connectivity index (χ1n) is 7.12. The van der Waals surface area contributed by atoms with E-state index in [1.54, 1.807) is 32.4 Å². The number of nitrogens with one attached hydrogen (secondary N) is 1. The maximum absolute atomic E-state index is 12.6. The summed E-state index contributed by atoms with van der Waals surface area (Å²) in [7, 11) is 1.62. The second-order valence-corrected chi connectivity index (χ2v) is 6.40. The molecule has 2 aromatic heterocycles. The normalized spacial score (nSPS) is 12.5. The van der Waals surface area contributed by atoms with Crippen LogP contribution in [0.25, 0.3) is 10.9 Å². The van der Waals surface area contributed by atoms with Gasteiger partial charge in [0.1, 0.15) is 12.1 Å². The molecule has 0 saturated carbocycles. The highest BCUT2D eigenvalue weighted by Gasteiger charge is 2.29. The van der Waals surface area contributed by atoms with Crippen LogP contribution in [0.3, 0.4) is 0 Å². The average molecular weight is 345 g/mol. The third kappa shape index (κ3) is 4.09. The van der Waals surface area contributed by atoms with Gasteiger partial charge >= 0.3 is 12.3 Å². The highest BCUT2D eigenvalue weighted by Crippen LogP contribution is 2.24. The summed E-state index contributed by atoms with van der Waals surface area (Å²) in [5.74, 6) is 0. The van der Waals surface area contributed by atoms with Crippen molar-refractivity contribution < 1.29 is 22.7 Å². The molecule has 9 heteroatoms. The fourth-order valence-corrected chi connectivity index (χ4v) is 2.27. The van der Waals surface area contributed by atoms with E-state index < -0.39 is 30.0 Å². The third-order valence-electron chi connectivity index (χ3n) is 3.10. The number of carbonyl (C=O) groups excluding carboxylic acids is 1. The van der Waals surface area contributed by atoms with Crippen molar-refractivity contribution in [3.63, 3.8) is 0 Å². The van der Waals surface area contributed by atoms with Gasteiger partial charge in [-0.1, -0.05) is 0 Å². The van der Waals surface area contributed by atoms with Crippen LogP contribution in [0, 0.1) is 0 Å². The number of amides is 1. The number of alkyl halides is 3. The van der Waals surface area contributed by atoms with Crippen LogP contribution in [0.1, 0.15) is 20.8 Å². The Morgan fingerprint density at radius 3 is 2.46 bits per heavy atom. The Balaban J connectivity index is 2.46. The molecule has 2 rings (SSSR count). The van der Waals surface area contributed by atoms with Crippen LogP contribution in [-0.2, 0) is 18.3 Å². The molecule has 0 bridgehead atoms. The summed E-state index contributed by atoms with van der Waals surface area (Å²) in [6.07, 6.45) is -2.78. The maximum atomic E-state index is 12.6. The summed E-state index contributed by atoms with van der Waals surface area (Å²) >= 11 is 0. The van der Waals surface area contributed by atoms with Crippen LogP contribution in [0.2, 0.25) is 0 Å². The van der Waals surface area contributed by atoms with Crippen molar-refractivity contribution >= 4 is 22.7 Å². The summed E-state index contributed by atoms with van der Waals surface area (Å²) in [5.41, 5.74) is -1.07. The van der Waals surface area contributed by atoms with Gasteiger partial charge in [-0.15, -0.1) is 0 Å². The predicted molar refractivity (Wildman–Crippen MR) is 83.1 cm³/mol. The second kappa shape index (κ2) is 5.88. The first-order chi connectivity index (χ1) is 10.9. The van der Waals surface area contributed by atoms with E-state index in [9.17, 15) is 22.8 Å². The Labute approximate surface area is 135 Å². The molecule has 2 heterocycles. The lowest BCUT2D eigenvalue weighted by molar-refractivity contribution is -0.141. The first kappa shape index (κ1) is 17.9. The van der Waals surface area contributed by atoms with Crippen LogP contribution >= 0.6 is 0 Å². The molecule has 0 aliphatic carbocycles. The molecule has 0 aromatic carbocycles. The third-order valence-corrected chi connectivity index (χ3v) is 3.10. The minimum Gasteiger partial charge on any atom is -0.444 e. The van der Waals surface area contributed by atoms with Crippen LogP contribution in [0.5, 0.6) is 0 Å². The van der Waals surface area contributed by atoms with Gasteiger partial charge in [-0.05, 0) is 26.8 Å². The Morgan fingerprint density at radius 1 is 1.29 bits per heavy atom. The number of ether oxygens (including phenoxy) is 1. The minimum atomic E-state index is -4.52. The fraction of sp³-hybridized carbons (Fsp3) is 0.467. The van der Waals surface area contributed by atoms with Gasteiger partial charge in [0, 0.05) is 19.4 Å². The number of fused-ring (bicyclic) bond motifs is 1. The summed E-state index contributed by atoms with van der Waals surface area (Å²) in [5, 5.41) is 2.41. The summed E-state index contributed by atoms with van der Waals surface area (Å²) in [6, 6.07) is 1.39. The first-order valence-corrected chi connectivity index (χ1v) is 7.12. The molecule has 0 aliphatic rings. The number of aromatic nitrogens is 2. The van der Waals surface area contributed by atoms with Gasteiger partial charge in [-0.3, -0.25) is 10.1 Å². The molecule has 1 N–H and O–H groups in total. The van der Waals surface area contributed by atoms with E-state index in [2.05, 4.69) is 5.32 Å². The number of anilines is 1. The minimum absolute atomic E-state index is 0.00453. The fourth-order valence-electron chi connectivity index (χ4n) is 2.27.